The van der Waals surface area contributed by atoms with E-state index < -0.39 is 24.5 Å². The van der Waals surface area contributed by atoms with Crippen molar-refractivity contribution in [1.82, 2.24) is 4.90 Å². The number of anilines is 2. The van der Waals surface area contributed by atoms with Crippen LogP contribution in [0.2, 0.25) is 0 Å². The highest BCUT2D eigenvalue weighted by Gasteiger charge is 2.32. The SMILES string of the molecule is CCC1CN(c2ccc(N3CCN(C(=O)COC(=O)c4ccc(OON)cc4)CC3)c(F)c2)C(=O)O1. The highest BCUT2D eigenvalue weighted by atomic mass is 19.1. The van der Waals surface area contributed by atoms with Gasteiger partial charge in [-0.3, -0.25) is 9.69 Å². The van der Waals surface area contributed by atoms with E-state index in [1.807, 2.05) is 11.8 Å². The van der Waals surface area contributed by atoms with E-state index in [9.17, 15) is 18.8 Å². The van der Waals surface area contributed by atoms with Crippen LogP contribution in [0.15, 0.2) is 42.5 Å². The molecule has 2 aromatic rings. The fourth-order valence-corrected chi connectivity index (χ4v) is 4.07. The van der Waals surface area contributed by atoms with Gasteiger partial charge in [0.15, 0.2) is 12.4 Å². The van der Waals surface area contributed by atoms with E-state index in [1.54, 1.807) is 17.0 Å². The molecule has 0 aliphatic carbocycles. The fraction of sp³-hybridized carbons (Fsp3) is 0.375. The third-order valence-corrected chi connectivity index (χ3v) is 6.11. The number of piperazine rings is 1. The molecule has 4 rings (SSSR count). The van der Waals surface area contributed by atoms with Crippen molar-refractivity contribution >= 4 is 29.3 Å². The fourth-order valence-electron chi connectivity index (χ4n) is 4.07. The molecule has 0 bridgehead atoms. The standard InChI is InChI=1S/C24H27FN4O7/c1-2-18-14-29(24(32)34-18)17-5-8-21(20(25)13-17)27-9-11-28(12-10-27)22(30)15-33-23(31)16-3-6-19(7-4-16)35-36-26/h3-8,13,18H,2,9-12,14-15,26H2,1H3. The van der Waals surface area contributed by atoms with Gasteiger partial charge in [-0.25, -0.2) is 14.0 Å². The molecule has 2 amide bonds. The summed E-state index contributed by atoms with van der Waals surface area (Å²) in [6.07, 6.45) is 0.0178. The Labute approximate surface area is 206 Å². The number of esters is 1. The number of hydrogen-bond donors (Lipinski definition) is 1. The molecule has 11 nitrogen and oxygen atoms in total. The number of hydrogen-bond acceptors (Lipinski definition) is 9. The number of rotatable bonds is 8. The molecular formula is C24H27FN4O7. The third kappa shape index (κ3) is 5.66. The lowest BCUT2D eigenvalue weighted by molar-refractivity contribution is -0.211. The van der Waals surface area contributed by atoms with Crippen molar-refractivity contribution in [2.45, 2.75) is 19.4 Å². The van der Waals surface area contributed by atoms with Crippen LogP contribution in [0.4, 0.5) is 20.6 Å². The first-order valence-electron chi connectivity index (χ1n) is 11.5. The van der Waals surface area contributed by atoms with E-state index in [1.165, 1.54) is 35.2 Å². The van der Waals surface area contributed by atoms with Crippen LogP contribution >= 0.6 is 0 Å². The summed E-state index contributed by atoms with van der Waals surface area (Å²) < 4.78 is 25.3. The summed E-state index contributed by atoms with van der Waals surface area (Å²) in [5.74, 6) is 3.66. The Bertz CT molecular complexity index is 1110. The molecule has 0 radical (unpaired) electrons. The number of amides is 2. The average Bonchev–Trinajstić information content (AvgIpc) is 3.28. The van der Waals surface area contributed by atoms with Crippen LogP contribution < -0.4 is 20.6 Å². The maximum Gasteiger partial charge on any atom is 0.414 e. The zero-order valence-electron chi connectivity index (χ0n) is 19.7. The molecule has 2 N–H and O–H groups in total. The Morgan fingerprint density at radius 2 is 1.83 bits per heavy atom. The zero-order valence-corrected chi connectivity index (χ0v) is 19.7. The monoisotopic (exact) mass is 502 g/mol. The molecule has 2 heterocycles. The van der Waals surface area contributed by atoms with Gasteiger partial charge in [0, 0.05) is 26.2 Å². The van der Waals surface area contributed by atoms with Gasteiger partial charge in [-0.1, -0.05) is 11.9 Å². The average molecular weight is 502 g/mol. The number of nitrogens with two attached hydrogens (primary N) is 1. The van der Waals surface area contributed by atoms with Gasteiger partial charge in [0.1, 0.15) is 11.9 Å². The van der Waals surface area contributed by atoms with Gasteiger partial charge in [-0.2, -0.15) is 5.90 Å². The highest BCUT2D eigenvalue weighted by molar-refractivity contribution is 5.91. The zero-order chi connectivity index (χ0) is 25.7. The first-order chi connectivity index (χ1) is 17.4. The summed E-state index contributed by atoms with van der Waals surface area (Å²) in [6.45, 7) is 3.42. The third-order valence-electron chi connectivity index (χ3n) is 6.11. The number of carbonyl (C=O) groups is 3. The summed E-state index contributed by atoms with van der Waals surface area (Å²) >= 11 is 0. The highest BCUT2D eigenvalue weighted by Crippen LogP contribution is 2.29. The maximum absolute atomic E-state index is 14.9. The van der Waals surface area contributed by atoms with Crippen LogP contribution in [-0.2, 0) is 19.3 Å². The van der Waals surface area contributed by atoms with Crippen molar-refractivity contribution in [3.8, 4) is 5.75 Å². The van der Waals surface area contributed by atoms with Crippen LogP contribution in [0.25, 0.3) is 0 Å². The van der Waals surface area contributed by atoms with Crippen molar-refractivity contribution in [2.24, 2.45) is 5.90 Å². The Morgan fingerprint density at radius 3 is 2.44 bits per heavy atom. The van der Waals surface area contributed by atoms with Crippen LogP contribution in [0, 0.1) is 5.82 Å². The number of ether oxygens (including phenoxy) is 2. The van der Waals surface area contributed by atoms with Gasteiger partial charge in [-0.05, 0) is 48.9 Å². The maximum atomic E-state index is 14.9. The molecule has 2 fully saturated rings. The smallest absolute Gasteiger partial charge is 0.414 e. The van der Waals surface area contributed by atoms with Gasteiger partial charge in [-0.15, -0.1) is 0 Å². The Kier molecular flexibility index (Phi) is 7.86. The molecule has 2 saturated heterocycles. The van der Waals surface area contributed by atoms with Crippen molar-refractivity contribution in [3.63, 3.8) is 0 Å². The summed E-state index contributed by atoms with van der Waals surface area (Å²) in [4.78, 5) is 50.2. The molecule has 1 unspecified atom stereocenters. The lowest BCUT2D eigenvalue weighted by Gasteiger charge is -2.36. The Balaban J connectivity index is 1.27. The van der Waals surface area contributed by atoms with Gasteiger partial charge < -0.3 is 24.2 Å². The van der Waals surface area contributed by atoms with Crippen molar-refractivity contribution in [3.05, 3.63) is 53.8 Å². The predicted molar refractivity (Wildman–Crippen MR) is 126 cm³/mol. The normalized spacial score (nSPS) is 17.7. The minimum atomic E-state index is -0.656. The van der Waals surface area contributed by atoms with E-state index in [0.29, 0.717) is 56.3 Å². The van der Waals surface area contributed by atoms with Crippen LogP contribution in [0.3, 0.4) is 0 Å². The number of halogens is 1. The molecule has 0 aromatic heterocycles. The van der Waals surface area contributed by atoms with Crippen molar-refractivity contribution < 1.29 is 38.1 Å². The predicted octanol–water partition coefficient (Wildman–Crippen LogP) is 2.25. The van der Waals surface area contributed by atoms with Crippen LogP contribution in [0.1, 0.15) is 23.7 Å². The molecule has 2 aliphatic heterocycles. The topological polar surface area (TPSA) is 124 Å². The Morgan fingerprint density at radius 1 is 1.11 bits per heavy atom. The van der Waals surface area contributed by atoms with Crippen LogP contribution in [-0.4, -0.2) is 68.3 Å². The van der Waals surface area contributed by atoms with Crippen LogP contribution in [0.5, 0.6) is 5.75 Å². The van der Waals surface area contributed by atoms with Crippen molar-refractivity contribution in [2.75, 3.05) is 49.1 Å². The minimum absolute atomic E-state index is 0.197. The number of benzene rings is 2. The second-order valence-corrected chi connectivity index (χ2v) is 8.31. The molecule has 12 heteroatoms. The quantitative estimate of drug-likeness (QED) is 0.329. The lowest BCUT2D eigenvalue weighted by atomic mass is 10.2. The molecule has 1 atom stereocenters. The second kappa shape index (κ2) is 11.2. The van der Waals surface area contributed by atoms with Gasteiger partial charge in [0.25, 0.3) is 5.91 Å². The Hall–Kier alpha value is -3.90. The van der Waals surface area contributed by atoms with Crippen molar-refractivity contribution in [1.29, 1.82) is 0 Å². The first kappa shape index (κ1) is 25.2. The molecule has 192 valence electrons. The second-order valence-electron chi connectivity index (χ2n) is 8.31. The summed E-state index contributed by atoms with van der Waals surface area (Å²) in [5.41, 5.74) is 1.08. The van der Waals surface area contributed by atoms with Gasteiger partial charge >= 0.3 is 12.1 Å². The number of nitrogens with zero attached hydrogens (tertiary/aromatic N) is 3. The number of cyclic esters (lactones) is 1. The van der Waals surface area contributed by atoms with E-state index in [0.717, 1.165) is 0 Å². The van der Waals surface area contributed by atoms with E-state index >= 15 is 0 Å². The largest absolute Gasteiger partial charge is 0.452 e. The molecule has 2 aliphatic rings. The lowest BCUT2D eigenvalue weighted by Crippen LogP contribution is -2.50. The van der Waals surface area contributed by atoms with E-state index in [2.05, 4.69) is 9.88 Å². The van der Waals surface area contributed by atoms with Gasteiger partial charge in [0.05, 0.1) is 23.5 Å². The molecule has 0 saturated carbocycles. The summed E-state index contributed by atoms with van der Waals surface area (Å²) in [7, 11) is 0. The number of carbonyl (C=O) groups excluding carboxylic acids is 3. The summed E-state index contributed by atoms with van der Waals surface area (Å²) in [5, 5.41) is 0. The molecule has 0 spiro atoms. The van der Waals surface area contributed by atoms with E-state index in [4.69, 9.17) is 15.4 Å². The summed E-state index contributed by atoms with van der Waals surface area (Å²) in [6, 6.07) is 10.5. The molecular weight excluding hydrogens is 475 g/mol. The molecule has 36 heavy (non-hydrogen) atoms. The minimum Gasteiger partial charge on any atom is -0.452 e. The van der Waals surface area contributed by atoms with Gasteiger partial charge in [0.2, 0.25) is 0 Å². The molecule has 2 aromatic carbocycles. The van der Waals surface area contributed by atoms with E-state index in [-0.39, 0.29) is 17.6 Å². The first-order valence-corrected chi connectivity index (χ1v) is 11.5.